The summed E-state index contributed by atoms with van der Waals surface area (Å²) in [5.41, 5.74) is 0.304. The van der Waals surface area contributed by atoms with Gasteiger partial charge in [0.1, 0.15) is 0 Å². The number of carbonyl (C=O) groups is 1. The van der Waals surface area contributed by atoms with Gasteiger partial charge in [0.05, 0.1) is 29.5 Å². The predicted octanol–water partition coefficient (Wildman–Crippen LogP) is 2.61. The largest absolute Gasteiger partial charge is 0.478 e. The zero-order chi connectivity index (χ0) is 16.7. The Kier molecular flexibility index (Phi) is 4.21. The molecule has 0 saturated carbocycles. The second kappa shape index (κ2) is 5.89. The number of aliphatic hydroxyl groups excluding tert-OH is 1. The zero-order valence-corrected chi connectivity index (χ0v) is 13.6. The molecule has 1 aromatic rings. The van der Waals surface area contributed by atoms with E-state index in [1.165, 1.54) is 0 Å². The Balaban J connectivity index is 1.72. The van der Waals surface area contributed by atoms with Crippen LogP contribution in [0.2, 0.25) is 0 Å². The highest BCUT2D eigenvalue weighted by Crippen LogP contribution is 2.55. The van der Waals surface area contributed by atoms with E-state index in [0.29, 0.717) is 5.56 Å². The van der Waals surface area contributed by atoms with E-state index < -0.39 is 5.97 Å². The first-order valence-corrected chi connectivity index (χ1v) is 8.14. The van der Waals surface area contributed by atoms with Crippen LogP contribution in [0.3, 0.4) is 0 Å². The number of ether oxygens (including phenoxy) is 2. The highest BCUT2D eigenvalue weighted by molar-refractivity contribution is 5.89. The number of fused-ring (bicyclic) bond motifs is 2. The molecular weight excluding hydrogens is 296 g/mol. The molecule has 126 valence electrons. The number of aromatic carboxylic acids is 1. The van der Waals surface area contributed by atoms with E-state index >= 15 is 0 Å². The van der Waals surface area contributed by atoms with Crippen molar-refractivity contribution in [3.63, 3.8) is 0 Å². The van der Waals surface area contributed by atoms with Crippen LogP contribution in [0.15, 0.2) is 24.3 Å². The van der Waals surface area contributed by atoms with Crippen LogP contribution in [0.25, 0.3) is 0 Å². The van der Waals surface area contributed by atoms with Gasteiger partial charge in [-0.2, -0.15) is 0 Å². The van der Waals surface area contributed by atoms with Gasteiger partial charge in [-0.25, -0.2) is 4.79 Å². The van der Waals surface area contributed by atoms with Crippen molar-refractivity contribution >= 4 is 5.97 Å². The molecule has 2 saturated heterocycles. The summed E-state index contributed by atoms with van der Waals surface area (Å²) >= 11 is 0. The van der Waals surface area contributed by atoms with Crippen molar-refractivity contribution in [2.75, 3.05) is 6.61 Å². The van der Waals surface area contributed by atoms with Crippen LogP contribution in [0.5, 0.6) is 0 Å². The Morgan fingerprint density at radius 3 is 2.87 bits per heavy atom. The highest BCUT2D eigenvalue weighted by Gasteiger charge is 2.61. The lowest BCUT2D eigenvalue weighted by molar-refractivity contribution is -0.103. The quantitative estimate of drug-likeness (QED) is 0.842. The van der Waals surface area contributed by atoms with Crippen molar-refractivity contribution in [3.8, 4) is 0 Å². The Morgan fingerprint density at radius 2 is 2.17 bits per heavy atom. The average Bonchev–Trinajstić information content (AvgIpc) is 3.04. The Hall–Kier alpha value is -1.43. The second-order valence-corrected chi connectivity index (χ2v) is 7.03. The van der Waals surface area contributed by atoms with Crippen LogP contribution < -0.4 is 0 Å². The monoisotopic (exact) mass is 320 g/mol. The van der Waals surface area contributed by atoms with Gasteiger partial charge in [-0.3, -0.25) is 0 Å². The van der Waals surface area contributed by atoms with Gasteiger partial charge in [0.15, 0.2) is 0 Å². The predicted molar refractivity (Wildman–Crippen MR) is 84.3 cm³/mol. The molecule has 23 heavy (non-hydrogen) atoms. The molecule has 1 unspecified atom stereocenters. The molecule has 0 aliphatic carbocycles. The average molecular weight is 320 g/mol. The van der Waals surface area contributed by atoms with Crippen LogP contribution in [0, 0.1) is 5.92 Å². The van der Waals surface area contributed by atoms with Crippen molar-refractivity contribution in [2.24, 2.45) is 5.92 Å². The van der Waals surface area contributed by atoms with Gasteiger partial charge in [0, 0.05) is 18.9 Å². The minimum Gasteiger partial charge on any atom is -0.478 e. The summed E-state index contributed by atoms with van der Waals surface area (Å²) in [7, 11) is 0. The Bertz CT molecular complexity index is 601. The fraction of sp³-hybridized carbons (Fsp3) is 0.611. The zero-order valence-electron chi connectivity index (χ0n) is 13.6. The van der Waals surface area contributed by atoms with E-state index in [9.17, 15) is 15.0 Å². The first-order valence-electron chi connectivity index (χ1n) is 8.14. The van der Waals surface area contributed by atoms with E-state index in [-0.39, 0.29) is 42.0 Å². The highest BCUT2D eigenvalue weighted by atomic mass is 16.6. The lowest BCUT2D eigenvalue weighted by Crippen LogP contribution is -2.39. The second-order valence-electron chi connectivity index (χ2n) is 7.03. The van der Waals surface area contributed by atoms with Gasteiger partial charge in [0.2, 0.25) is 0 Å². The molecule has 0 aromatic heterocycles. The minimum absolute atomic E-state index is 0.0734. The number of carboxylic acids is 1. The van der Waals surface area contributed by atoms with Crippen LogP contribution in [-0.2, 0) is 16.1 Å². The Morgan fingerprint density at radius 1 is 1.43 bits per heavy atom. The number of hydrogen-bond donors (Lipinski definition) is 2. The van der Waals surface area contributed by atoms with E-state index in [4.69, 9.17) is 9.47 Å². The molecule has 2 aliphatic heterocycles. The normalized spacial score (nSPS) is 33.8. The first kappa shape index (κ1) is 16.4. The van der Waals surface area contributed by atoms with Crippen molar-refractivity contribution < 1.29 is 24.5 Å². The molecule has 3 rings (SSSR count). The smallest absolute Gasteiger partial charge is 0.336 e. The van der Waals surface area contributed by atoms with Crippen LogP contribution >= 0.6 is 0 Å². The molecule has 2 aliphatic rings. The van der Waals surface area contributed by atoms with Crippen LogP contribution in [0.4, 0.5) is 0 Å². The maximum atomic E-state index is 11.3. The van der Waals surface area contributed by atoms with Gasteiger partial charge in [-0.1, -0.05) is 25.1 Å². The lowest BCUT2D eigenvalue weighted by Gasteiger charge is -2.32. The molecule has 2 fully saturated rings. The molecule has 2 heterocycles. The van der Waals surface area contributed by atoms with Gasteiger partial charge in [-0.05, 0) is 31.4 Å². The van der Waals surface area contributed by atoms with Crippen molar-refractivity contribution in [2.45, 2.75) is 57.0 Å². The van der Waals surface area contributed by atoms with Crippen LogP contribution in [-0.4, -0.2) is 40.1 Å². The summed E-state index contributed by atoms with van der Waals surface area (Å²) in [6.07, 6.45) is 2.52. The minimum atomic E-state index is -0.940. The third kappa shape index (κ3) is 2.77. The number of aliphatic hydroxyl groups is 1. The number of carboxylic acid groups (broad SMARTS) is 1. The number of benzene rings is 1. The van der Waals surface area contributed by atoms with E-state index in [0.717, 1.165) is 19.3 Å². The van der Waals surface area contributed by atoms with E-state index in [2.05, 4.69) is 6.92 Å². The molecule has 5 heteroatoms. The molecule has 0 amide bonds. The fourth-order valence-electron chi connectivity index (χ4n) is 3.92. The van der Waals surface area contributed by atoms with Gasteiger partial charge in [0.25, 0.3) is 0 Å². The molecule has 5 nitrogen and oxygen atoms in total. The third-order valence-electron chi connectivity index (χ3n) is 5.55. The SMILES string of the molecule is C[C@H](CO)C12CC[C@@](C)(O1)[C@H](OCc1ccccc1C(=O)O)C2. The number of rotatable bonds is 6. The lowest BCUT2D eigenvalue weighted by atomic mass is 9.75. The van der Waals surface area contributed by atoms with Crippen molar-refractivity contribution in [1.82, 2.24) is 0 Å². The van der Waals surface area contributed by atoms with Crippen molar-refractivity contribution in [1.29, 1.82) is 0 Å². The summed E-state index contributed by atoms with van der Waals surface area (Å²) < 4.78 is 12.3. The maximum Gasteiger partial charge on any atom is 0.336 e. The molecule has 1 aromatic carbocycles. The van der Waals surface area contributed by atoms with E-state index in [1.807, 2.05) is 13.0 Å². The summed E-state index contributed by atoms with van der Waals surface area (Å²) in [6, 6.07) is 6.91. The molecule has 0 spiro atoms. The van der Waals surface area contributed by atoms with Crippen molar-refractivity contribution in [3.05, 3.63) is 35.4 Å². The standard InChI is InChI=1S/C18H24O5/c1-12(10-19)18-8-7-17(2,23-18)15(9-18)22-11-13-5-3-4-6-14(13)16(20)21/h3-6,12,15,19H,7-11H2,1-2H3,(H,20,21)/t12-,15-,17-,18?/m1/s1. The summed E-state index contributed by atoms with van der Waals surface area (Å²) in [5, 5.41) is 18.8. The topological polar surface area (TPSA) is 76.0 Å². The molecule has 0 radical (unpaired) electrons. The maximum absolute atomic E-state index is 11.3. The van der Waals surface area contributed by atoms with Gasteiger partial charge >= 0.3 is 5.97 Å². The molecule has 2 bridgehead atoms. The summed E-state index contributed by atoms with van der Waals surface area (Å²) in [5.74, 6) is -0.866. The molecule has 2 N–H and O–H groups in total. The summed E-state index contributed by atoms with van der Waals surface area (Å²) in [4.78, 5) is 11.3. The third-order valence-corrected chi connectivity index (χ3v) is 5.55. The fourth-order valence-corrected chi connectivity index (χ4v) is 3.92. The first-order chi connectivity index (χ1) is 10.9. The van der Waals surface area contributed by atoms with Gasteiger partial charge < -0.3 is 19.7 Å². The molecule has 4 atom stereocenters. The van der Waals surface area contributed by atoms with Crippen LogP contribution in [0.1, 0.15) is 49.0 Å². The number of hydrogen-bond acceptors (Lipinski definition) is 4. The van der Waals surface area contributed by atoms with Gasteiger partial charge in [-0.15, -0.1) is 0 Å². The van der Waals surface area contributed by atoms with E-state index in [1.54, 1.807) is 18.2 Å². The summed E-state index contributed by atoms with van der Waals surface area (Å²) in [6.45, 7) is 4.42. The Labute approximate surface area is 136 Å². The molecular formula is C18H24O5.